The minimum atomic E-state index is -0.859. The summed E-state index contributed by atoms with van der Waals surface area (Å²) in [4.78, 5) is 42.4. The van der Waals surface area contributed by atoms with Crippen LogP contribution < -0.4 is 10.1 Å². The zero-order chi connectivity index (χ0) is 23.4. The van der Waals surface area contributed by atoms with E-state index < -0.39 is 17.6 Å². The molecule has 2 aliphatic rings. The first-order valence-electron chi connectivity index (χ1n) is 11.1. The van der Waals surface area contributed by atoms with Gasteiger partial charge in [0.25, 0.3) is 11.8 Å². The van der Waals surface area contributed by atoms with Gasteiger partial charge in [-0.1, -0.05) is 36.4 Å². The summed E-state index contributed by atoms with van der Waals surface area (Å²) in [6.07, 6.45) is 0.111. The highest BCUT2D eigenvalue weighted by atomic mass is 16.5. The maximum Gasteiger partial charge on any atom is 0.260 e. The Bertz CT molecular complexity index is 990. The molecule has 0 radical (unpaired) electrons. The monoisotopic (exact) mass is 451 g/mol. The third-order valence-electron chi connectivity index (χ3n) is 6.79. The van der Waals surface area contributed by atoms with Crippen LogP contribution in [-0.4, -0.2) is 73.0 Å². The molecule has 2 fully saturated rings. The summed E-state index contributed by atoms with van der Waals surface area (Å²) in [5, 5.41) is 2.93. The lowest BCUT2D eigenvalue weighted by molar-refractivity contribution is -0.139. The van der Waals surface area contributed by atoms with Crippen LogP contribution in [0, 0.1) is 5.92 Å². The number of hydrogen-bond donors (Lipinski definition) is 1. The van der Waals surface area contributed by atoms with Crippen LogP contribution >= 0.6 is 0 Å². The van der Waals surface area contributed by atoms with Crippen molar-refractivity contribution in [2.45, 2.75) is 24.5 Å². The molecule has 0 unspecified atom stereocenters. The number of anilines is 1. The Hall–Kier alpha value is -3.39. The van der Waals surface area contributed by atoms with Crippen molar-refractivity contribution >= 4 is 23.4 Å². The summed E-state index contributed by atoms with van der Waals surface area (Å²) in [5.74, 6) is -0.621. The number of rotatable bonds is 6. The zero-order valence-corrected chi connectivity index (χ0v) is 18.9. The Kier molecular flexibility index (Phi) is 6.65. The fourth-order valence-corrected chi connectivity index (χ4v) is 4.95. The third kappa shape index (κ3) is 4.43. The lowest BCUT2D eigenvalue weighted by atomic mass is 9.75. The zero-order valence-electron chi connectivity index (χ0n) is 18.9. The van der Waals surface area contributed by atoms with E-state index in [9.17, 15) is 14.4 Å². The Balaban J connectivity index is 1.46. The number of methoxy groups -OCH3 is 1. The Morgan fingerprint density at radius 2 is 1.64 bits per heavy atom. The van der Waals surface area contributed by atoms with Crippen molar-refractivity contribution in [2.24, 2.45) is 5.92 Å². The smallest absolute Gasteiger partial charge is 0.260 e. The molecule has 33 heavy (non-hydrogen) atoms. The van der Waals surface area contributed by atoms with Crippen molar-refractivity contribution in [3.05, 3.63) is 60.7 Å². The van der Waals surface area contributed by atoms with Crippen molar-refractivity contribution in [1.29, 1.82) is 0 Å². The van der Waals surface area contributed by atoms with Crippen molar-refractivity contribution in [3.8, 4) is 5.75 Å². The molecule has 2 aliphatic heterocycles. The molecule has 3 amide bonds. The van der Waals surface area contributed by atoms with E-state index in [4.69, 9.17) is 9.47 Å². The fourth-order valence-electron chi connectivity index (χ4n) is 4.95. The number of piperidine rings is 1. The first-order valence-corrected chi connectivity index (χ1v) is 11.1. The maximum absolute atomic E-state index is 13.4. The highest BCUT2D eigenvalue weighted by molar-refractivity contribution is 6.00. The molecule has 2 atom stereocenters. The average Bonchev–Trinajstić information content (AvgIpc) is 3.05. The molecule has 2 aromatic rings. The second-order valence-electron chi connectivity index (χ2n) is 8.47. The lowest BCUT2D eigenvalue weighted by Crippen LogP contribution is -2.58. The van der Waals surface area contributed by atoms with E-state index >= 15 is 0 Å². The minimum absolute atomic E-state index is 0.0512. The van der Waals surface area contributed by atoms with Gasteiger partial charge in [0.05, 0.1) is 11.5 Å². The molecule has 8 heteroatoms. The van der Waals surface area contributed by atoms with Crippen LogP contribution in [0.15, 0.2) is 60.7 Å². The molecular weight excluding hydrogens is 422 g/mol. The van der Waals surface area contributed by atoms with Crippen molar-refractivity contribution in [3.63, 3.8) is 0 Å². The number of nitrogens with zero attached hydrogens (tertiary/aromatic N) is 2. The van der Waals surface area contributed by atoms with Crippen LogP contribution in [0.5, 0.6) is 5.75 Å². The van der Waals surface area contributed by atoms with Crippen molar-refractivity contribution < 1.29 is 23.9 Å². The van der Waals surface area contributed by atoms with E-state index in [1.807, 2.05) is 36.4 Å². The van der Waals surface area contributed by atoms with Crippen LogP contribution in [0.1, 0.15) is 12.8 Å². The van der Waals surface area contributed by atoms with Gasteiger partial charge in [-0.05, 0) is 37.1 Å². The molecule has 8 nitrogen and oxygen atoms in total. The van der Waals surface area contributed by atoms with Gasteiger partial charge in [0.1, 0.15) is 11.9 Å². The summed E-state index contributed by atoms with van der Waals surface area (Å²) in [6.45, 7) is 0.810. The highest BCUT2D eigenvalue weighted by Crippen LogP contribution is 2.44. The number of carbonyl (C=O) groups excluding carboxylic acids is 3. The number of carbonyl (C=O) groups is 3. The van der Waals surface area contributed by atoms with Crippen LogP contribution in [0.3, 0.4) is 0 Å². The molecule has 0 aromatic heterocycles. The second kappa shape index (κ2) is 9.62. The molecule has 0 bridgehead atoms. The number of para-hydroxylation sites is 2. The van der Waals surface area contributed by atoms with Crippen LogP contribution in [-0.2, 0) is 19.1 Å². The number of likely N-dealkylation sites (tertiary alicyclic amines) is 2. The number of ether oxygens (including phenoxy) is 2. The number of hydrogen-bond acceptors (Lipinski definition) is 5. The van der Waals surface area contributed by atoms with E-state index in [2.05, 4.69) is 5.32 Å². The van der Waals surface area contributed by atoms with Gasteiger partial charge >= 0.3 is 0 Å². The fraction of sp³-hybridized carbons (Fsp3) is 0.400. The first-order chi connectivity index (χ1) is 16.0. The summed E-state index contributed by atoms with van der Waals surface area (Å²) in [5.41, 5.74) is -0.0478. The van der Waals surface area contributed by atoms with Crippen LogP contribution in [0.4, 0.5) is 5.69 Å². The van der Waals surface area contributed by atoms with Gasteiger partial charge in [-0.15, -0.1) is 0 Å². The van der Waals surface area contributed by atoms with Gasteiger partial charge in [-0.25, -0.2) is 0 Å². The standard InChI is InChI=1S/C25H29N3O5/c1-27-24(31)22(32-2)21(23(30)26-18-9-5-3-6-10-18)25(27)13-15-28(16-14-25)20(29)17-33-19-11-7-4-8-12-19/h3-12,21-22H,13-17H2,1-2H3,(H,26,30)/t21-,22+/m0/s1. The summed E-state index contributed by atoms with van der Waals surface area (Å²) in [6, 6.07) is 18.4. The predicted molar refractivity (Wildman–Crippen MR) is 123 cm³/mol. The maximum atomic E-state index is 13.4. The normalized spacial score (nSPS) is 21.8. The summed E-state index contributed by atoms with van der Waals surface area (Å²) in [7, 11) is 3.18. The van der Waals surface area contributed by atoms with Gasteiger partial charge in [0, 0.05) is 32.9 Å². The van der Waals surface area contributed by atoms with Gasteiger partial charge in [0.15, 0.2) is 6.61 Å². The van der Waals surface area contributed by atoms with Gasteiger partial charge in [-0.3, -0.25) is 14.4 Å². The topological polar surface area (TPSA) is 88.2 Å². The molecule has 2 saturated heterocycles. The Morgan fingerprint density at radius 3 is 2.24 bits per heavy atom. The van der Waals surface area contributed by atoms with Crippen LogP contribution in [0.25, 0.3) is 0 Å². The number of benzene rings is 2. The summed E-state index contributed by atoms with van der Waals surface area (Å²) < 4.78 is 11.1. The largest absolute Gasteiger partial charge is 0.484 e. The third-order valence-corrected chi connectivity index (χ3v) is 6.79. The van der Waals surface area contributed by atoms with E-state index in [0.29, 0.717) is 37.4 Å². The molecule has 1 N–H and O–H groups in total. The van der Waals surface area contributed by atoms with E-state index in [1.54, 1.807) is 41.1 Å². The lowest BCUT2D eigenvalue weighted by Gasteiger charge is -2.46. The molecule has 1 spiro atoms. The van der Waals surface area contributed by atoms with Crippen molar-refractivity contribution in [2.75, 3.05) is 39.2 Å². The van der Waals surface area contributed by atoms with Gasteiger partial charge in [0.2, 0.25) is 5.91 Å². The number of nitrogens with one attached hydrogen (secondary N) is 1. The van der Waals surface area contributed by atoms with E-state index in [1.165, 1.54) is 7.11 Å². The second-order valence-corrected chi connectivity index (χ2v) is 8.47. The average molecular weight is 452 g/mol. The predicted octanol–water partition coefficient (Wildman–Crippen LogP) is 2.17. The summed E-state index contributed by atoms with van der Waals surface area (Å²) >= 11 is 0. The number of amides is 3. The van der Waals surface area contributed by atoms with Gasteiger partial charge < -0.3 is 24.6 Å². The Morgan fingerprint density at radius 1 is 1.03 bits per heavy atom. The molecule has 174 valence electrons. The Labute approximate surface area is 193 Å². The van der Waals surface area contributed by atoms with Crippen LogP contribution in [0.2, 0.25) is 0 Å². The van der Waals surface area contributed by atoms with Crippen molar-refractivity contribution in [1.82, 2.24) is 9.80 Å². The first kappa shape index (κ1) is 22.8. The highest BCUT2D eigenvalue weighted by Gasteiger charge is 2.61. The molecule has 2 heterocycles. The van der Waals surface area contributed by atoms with E-state index in [0.717, 1.165) is 0 Å². The molecule has 0 aliphatic carbocycles. The molecule has 2 aromatic carbocycles. The quantitative estimate of drug-likeness (QED) is 0.727. The number of likely N-dealkylation sites (N-methyl/N-ethyl adjacent to an activating group) is 1. The minimum Gasteiger partial charge on any atom is -0.484 e. The SMILES string of the molecule is CO[C@H]1C(=O)N(C)C2(CCN(C(=O)COc3ccccc3)CC2)[C@@H]1C(=O)Nc1ccccc1. The molecule has 4 rings (SSSR count). The van der Waals surface area contributed by atoms with E-state index in [-0.39, 0.29) is 24.3 Å². The van der Waals surface area contributed by atoms with Gasteiger partial charge in [-0.2, -0.15) is 0 Å². The molecular formula is C25H29N3O5. The molecule has 0 saturated carbocycles.